The van der Waals surface area contributed by atoms with Gasteiger partial charge in [-0.25, -0.2) is 13.8 Å². The average molecular weight is 345 g/mol. The fourth-order valence-corrected chi connectivity index (χ4v) is 2.49. The largest absolute Gasteiger partial charge is 0.384 e. The van der Waals surface area contributed by atoms with E-state index in [1.165, 1.54) is 0 Å². The second-order valence-electron chi connectivity index (χ2n) is 4.40. The Balaban J connectivity index is 2.70. The van der Waals surface area contributed by atoms with Gasteiger partial charge in [0, 0.05) is 30.8 Å². The van der Waals surface area contributed by atoms with Gasteiger partial charge in [-0.3, -0.25) is 0 Å². The van der Waals surface area contributed by atoms with Crippen LogP contribution in [0.5, 0.6) is 0 Å². The number of anilines is 1. The zero-order valence-electron chi connectivity index (χ0n) is 11.3. The lowest BCUT2D eigenvalue weighted by atomic mass is 10.1. The third-order valence-electron chi connectivity index (χ3n) is 2.84. The molecule has 6 heteroatoms. The molecule has 0 fully saturated rings. The smallest absolute Gasteiger partial charge is 0.152 e. The van der Waals surface area contributed by atoms with E-state index < -0.39 is 11.6 Å². The maximum atomic E-state index is 14.0. The summed E-state index contributed by atoms with van der Waals surface area (Å²) in [4.78, 5) is 4.20. The van der Waals surface area contributed by atoms with Crippen LogP contribution in [0.3, 0.4) is 0 Å². The molecule has 0 atom stereocenters. The molecule has 1 N–H and O–H groups in total. The van der Waals surface area contributed by atoms with E-state index in [0.29, 0.717) is 23.3 Å². The molecule has 0 saturated heterocycles. The van der Waals surface area contributed by atoms with Crippen LogP contribution in [0.15, 0.2) is 16.6 Å². The number of aromatic nitrogens is 1. The van der Waals surface area contributed by atoms with Gasteiger partial charge in [-0.1, -0.05) is 6.92 Å². The van der Waals surface area contributed by atoms with Gasteiger partial charge >= 0.3 is 0 Å². The molecule has 3 nitrogen and oxygen atoms in total. The minimum absolute atomic E-state index is 0.131. The number of fused-ring (bicyclic) bond motifs is 1. The van der Waals surface area contributed by atoms with E-state index in [2.05, 4.69) is 26.2 Å². The molecule has 0 bridgehead atoms. The van der Waals surface area contributed by atoms with Gasteiger partial charge in [-0.2, -0.15) is 0 Å². The van der Waals surface area contributed by atoms with E-state index in [9.17, 15) is 8.78 Å². The first-order valence-corrected chi connectivity index (χ1v) is 7.07. The van der Waals surface area contributed by atoms with Crippen molar-refractivity contribution in [3.05, 3.63) is 33.9 Å². The molecule has 0 aliphatic rings. The van der Waals surface area contributed by atoms with Crippen molar-refractivity contribution in [2.75, 3.05) is 19.0 Å². The minimum atomic E-state index is -0.682. The van der Waals surface area contributed by atoms with Crippen LogP contribution in [0.25, 0.3) is 10.9 Å². The molecule has 0 aliphatic carbocycles. The van der Waals surface area contributed by atoms with Gasteiger partial charge in [0.25, 0.3) is 0 Å². The van der Waals surface area contributed by atoms with Crippen LogP contribution in [0, 0.1) is 11.6 Å². The Labute approximate surface area is 124 Å². The molecule has 0 amide bonds. The van der Waals surface area contributed by atoms with Crippen LogP contribution in [-0.4, -0.2) is 18.6 Å². The minimum Gasteiger partial charge on any atom is -0.384 e. The van der Waals surface area contributed by atoms with E-state index in [1.807, 2.05) is 6.92 Å². The lowest BCUT2D eigenvalue weighted by Gasteiger charge is -2.13. The Morgan fingerprint density at radius 1 is 1.30 bits per heavy atom. The van der Waals surface area contributed by atoms with Crippen LogP contribution in [0.1, 0.15) is 19.0 Å². The van der Waals surface area contributed by atoms with Crippen molar-refractivity contribution in [3.63, 3.8) is 0 Å². The monoisotopic (exact) mass is 344 g/mol. The van der Waals surface area contributed by atoms with E-state index in [4.69, 9.17) is 4.74 Å². The number of hydrogen-bond acceptors (Lipinski definition) is 3. The van der Waals surface area contributed by atoms with Crippen molar-refractivity contribution in [1.29, 1.82) is 0 Å². The maximum Gasteiger partial charge on any atom is 0.152 e. The molecule has 1 aromatic heterocycles. The summed E-state index contributed by atoms with van der Waals surface area (Å²) in [6.07, 6.45) is 0.902. The third-order valence-corrected chi connectivity index (χ3v) is 3.61. The molecule has 0 unspecified atom stereocenters. The van der Waals surface area contributed by atoms with Crippen molar-refractivity contribution in [2.24, 2.45) is 0 Å². The fraction of sp³-hybridized carbons (Fsp3) is 0.357. The molecule has 0 aliphatic heterocycles. The highest BCUT2D eigenvalue weighted by molar-refractivity contribution is 9.10. The first-order chi connectivity index (χ1) is 9.58. The Hall–Kier alpha value is -1.27. The van der Waals surface area contributed by atoms with Gasteiger partial charge < -0.3 is 10.1 Å². The standard InChI is InChI=1S/C14H15BrF2N2O/c1-3-4-18-11-5-8(7-20-2)19-14-10(17)6-9(16)13(15)12(11)14/h5-6H,3-4,7H2,1-2H3,(H,18,19). The van der Waals surface area contributed by atoms with E-state index >= 15 is 0 Å². The highest BCUT2D eigenvalue weighted by Crippen LogP contribution is 2.34. The normalized spacial score (nSPS) is 11.1. The highest BCUT2D eigenvalue weighted by Gasteiger charge is 2.16. The summed E-state index contributed by atoms with van der Waals surface area (Å²) in [5.41, 5.74) is 1.37. The van der Waals surface area contributed by atoms with Crippen LogP contribution in [0.2, 0.25) is 0 Å². The molecular formula is C14H15BrF2N2O. The van der Waals surface area contributed by atoms with Crippen LogP contribution in [-0.2, 0) is 11.3 Å². The summed E-state index contributed by atoms with van der Waals surface area (Å²) < 4.78 is 32.9. The third kappa shape index (κ3) is 2.91. The Morgan fingerprint density at radius 3 is 2.70 bits per heavy atom. The SMILES string of the molecule is CCCNc1cc(COC)nc2c(F)cc(F)c(Br)c12. The lowest BCUT2D eigenvalue weighted by Crippen LogP contribution is -2.05. The van der Waals surface area contributed by atoms with Crippen molar-refractivity contribution >= 4 is 32.5 Å². The van der Waals surface area contributed by atoms with E-state index in [-0.39, 0.29) is 16.6 Å². The predicted octanol–water partition coefficient (Wildman–Crippen LogP) is 4.24. The summed E-state index contributed by atoms with van der Waals surface area (Å²) in [7, 11) is 1.54. The molecule has 1 heterocycles. The first-order valence-electron chi connectivity index (χ1n) is 6.28. The molecule has 20 heavy (non-hydrogen) atoms. The molecule has 0 saturated carbocycles. The van der Waals surface area contributed by atoms with Crippen molar-refractivity contribution in [2.45, 2.75) is 20.0 Å². The van der Waals surface area contributed by atoms with Gasteiger partial charge in [-0.05, 0) is 28.4 Å². The summed E-state index contributed by atoms with van der Waals surface area (Å²) in [6.45, 7) is 2.99. The second-order valence-corrected chi connectivity index (χ2v) is 5.19. The number of pyridine rings is 1. The number of methoxy groups -OCH3 is 1. The van der Waals surface area contributed by atoms with Gasteiger partial charge in [0.1, 0.15) is 11.3 Å². The number of nitrogens with one attached hydrogen (secondary N) is 1. The Morgan fingerprint density at radius 2 is 2.05 bits per heavy atom. The van der Waals surface area contributed by atoms with Gasteiger partial charge in [-0.15, -0.1) is 0 Å². The molecule has 2 aromatic rings. The fourth-order valence-electron chi connectivity index (χ4n) is 1.98. The average Bonchev–Trinajstić information content (AvgIpc) is 2.42. The van der Waals surface area contributed by atoms with Crippen molar-refractivity contribution < 1.29 is 13.5 Å². The van der Waals surface area contributed by atoms with Gasteiger partial charge in [0.15, 0.2) is 5.82 Å². The quantitative estimate of drug-likeness (QED) is 0.823. The number of rotatable bonds is 5. The molecule has 0 radical (unpaired) electrons. The summed E-state index contributed by atoms with van der Waals surface area (Å²) in [5.74, 6) is -1.32. The van der Waals surface area contributed by atoms with Crippen LogP contribution in [0.4, 0.5) is 14.5 Å². The summed E-state index contributed by atoms with van der Waals surface area (Å²) in [5, 5.41) is 3.59. The Kier molecular flexibility index (Phi) is 4.88. The van der Waals surface area contributed by atoms with Crippen molar-refractivity contribution in [3.8, 4) is 0 Å². The number of hydrogen-bond donors (Lipinski definition) is 1. The van der Waals surface area contributed by atoms with Gasteiger partial charge in [0.05, 0.1) is 16.8 Å². The number of benzene rings is 1. The number of ether oxygens (including phenoxy) is 1. The zero-order chi connectivity index (χ0) is 14.7. The van der Waals surface area contributed by atoms with Crippen LogP contribution < -0.4 is 5.32 Å². The highest BCUT2D eigenvalue weighted by atomic mass is 79.9. The lowest BCUT2D eigenvalue weighted by molar-refractivity contribution is 0.182. The molecule has 1 aromatic carbocycles. The maximum absolute atomic E-state index is 14.0. The number of halogens is 3. The van der Waals surface area contributed by atoms with Gasteiger partial charge in [0.2, 0.25) is 0 Å². The molecule has 2 rings (SSSR count). The van der Waals surface area contributed by atoms with E-state index in [1.54, 1.807) is 13.2 Å². The molecule has 108 valence electrons. The Bertz CT molecular complexity index is 634. The van der Waals surface area contributed by atoms with E-state index in [0.717, 1.165) is 12.5 Å². The molecular weight excluding hydrogens is 330 g/mol. The van der Waals surface area contributed by atoms with Crippen molar-refractivity contribution in [1.82, 2.24) is 4.98 Å². The number of nitrogens with zero attached hydrogens (tertiary/aromatic N) is 1. The summed E-state index contributed by atoms with van der Waals surface area (Å²) >= 11 is 3.17. The summed E-state index contributed by atoms with van der Waals surface area (Å²) in [6, 6.07) is 2.59. The topological polar surface area (TPSA) is 34.1 Å². The second kappa shape index (κ2) is 6.45. The zero-order valence-corrected chi connectivity index (χ0v) is 12.9. The first kappa shape index (κ1) is 15.1. The predicted molar refractivity (Wildman–Crippen MR) is 78.9 cm³/mol. The van der Waals surface area contributed by atoms with Crippen LogP contribution >= 0.6 is 15.9 Å². The molecule has 0 spiro atoms.